The van der Waals surface area contributed by atoms with Gasteiger partial charge >= 0.3 is 5.97 Å². The van der Waals surface area contributed by atoms with Gasteiger partial charge in [-0.2, -0.15) is 0 Å². The van der Waals surface area contributed by atoms with Gasteiger partial charge in [0.25, 0.3) is 0 Å². The van der Waals surface area contributed by atoms with E-state index in [1.807, 2.05) is 0 Å². The van der Waals surface area contributed by atoms with Crippen LogP contribution in [0.15, 0.2) is 0 Å². The van der Waals surface area contributed by atoms with Crippen molar-refractivity contribution >= 4 is 15.8 Å². The van der Waals surface area contributed by atoms with Gasteiger partial charge in [0.05, 0.1) is 30.6 Å². The number of carboxylic acids is 1. The third-order valence-corrected chi connectivity index (χ3v) is 5.38. The smallest absolute Gasteiger partial charge is 0.306 e. The van der Waals surface area contributed by atoms with E-state index in [0.717, 1.165) is 6.42 Å². The van der Waals surface area contributed by atoms with Gasteiger partial charge in [0, 0.05) is 5.92 Å². The molecule has 2 saturated heterocycles. The maximum absolute atomic E-state index is 11.6. The maximum Gasteiger partial charge on any atom is 0.306 e. The molecule has 7 heteroatoms. The van der Waals surface area contributed by atoms with Crippen LogP contribution in [0.5, 0.6) is 0 Å². The highest BCUT2D eigenvalue weighted by atomic mass is 32.2. The Morgan fingerprint density at radius 1 is 1.50 bits per heavy atom. The molecule has 0 saturated carbocycles. The van der Waals surface area contributed by atoms with E-state index < -0.39 is 27.7 Å². The van der Waals surface area contributed by atoms with E-state index in [9.17, 15) is 13.2 Å². The average molecular weight is 278 g/mol. The fourth-order valence-electron chi connectivity index (χ4n) is 2.60. The SMILES string of the molecule is CC1(C2CCCS(=O)(=O)C2)OCC(CC(=O)O)O1. The van der Waals surface area contributed by atoms with E-state index in [2.05, 4.69) is 0 Å². The molecule has 104 valence electrons. The first-order chi connectivity index (χ1) is 8.31. The predicted octanol–water partition coefficient (Wildman–Crippen LogP) is 0.417. The number of aliphatic carboxylic acids is 1. The van der Waals surface area contributed by atoms with E-state index in [4.69, 9.17) is 14.6 Å². The van der Waals surface area contributed by atoms with Crippen molar-refractivity contribution in [3.63, 3.8) is 0 Å². The third-order valence-electron chi connectivity index (χ3n) is 3.56. The highest BCUT2D eigenvalue weighted by Gasteiger charge is 2.47. The summed E-state index contributed by atoms with van der Waals surface area (Å²) in [6.45, 7) is 1.92. The summed E-state index contributed by atoms with van der Waals surface area (Å²) < 4.78 is 34.4. The van der Waals surface area contributed by atoms with Crippen molar-refractivity contribution in [3.05, 3.63) is 0 Å². The largest absolute Gasteiger partial charge is 0.481 e. The first kappa shape index (κ1) is 13.8. The van der Waals surface area contributed by atoms with Crippen LogP contribution in [0, 0.1) is 5.92 Å². The standard InChI is InChI=1S/C11H18O6S/c1-11(8-3-2-4-18(14,15)7-8)16-6-9(17-11)5-10(12)13/h8-9H,2-7H2,1H3,(H,12,13). The van der Waals surface area contributed by atoms with Gasteiger partial charge in [-0.05, 0) is 19.8 Å². The molecule has 0 aromatic heterocycles. The van der Waals surface area contributed by atoms with E-state index in [0.29, 0.717) is 6.42 Å². The maximum atomic E-state index is 11.6. The minimum atomic E-state index is -3.02. The molecule has 0 radical (unpaired) electrons. The molecule has 0 amide bonds. The Morgan fingerprint density at radius 3 is 2.83 bits per heavy atom. The van der Waals surface area contributed by atoms with Crippen molar-refractivity contribution in [2.75, 3.05) is 18.1 Å². The lowest BCUT2D eigenvalue weighted by atomic mass is 9.96. The monoisotopic (exact) mass is 278 g/mol. The lowest BCUT2D eigenvalue weighted by Gasteiger charge is -2.34. The van der Waals surface area contributed by atoms with Crippen molar-refractivity contribution in [3.8, 4) is 0 Å². The Kier molecular flexibility index (Phi) is 3.66. The topological polar surface area (TPSA) is 89.9 Å². The van der Waals surface area contributed by atoms with Gasteiger partial charge in [0.2, 0.25) is 0 Å². The zero-order chi connectivity index (χ0) is 13.4. The van der Waals surface area contributed by atoms with E-state index in [1.54, 1.807) is 6.92 Å². The molecule has 3 atom stereocenters. The molecule has 2 aliphatic heterocycles. The first-order valence-electron chi connectivity index (χ1n) is 6.05. The number of carbonyl (C=O) groups is 1. The first-order valence-corrected chi connectivity index (χ1v) is 7.87. The Bertz CT molecular complexity index is 431. The van der Waals surface area contributed by atoms with Crippen LogP contribution in [0.1, 0.15) is 26.2 Å². The van der Waals surface area contributed by atoms with Crippen molar-refractivity contribution in [1.82, 2.24) is 0 Å². The van der Waals surface area contributed by atoms with Gasteiger partial charge in [0.1, 0.15) is 0 Å². The Morgan fingerprint density at radius 2 is 2.22 bits per heavy atom. The van der Waals surface area contributed by atoms with Crippen LogP contribution in [0.25, 0.3) is 0 Å². The lowest BCUT2D eigenvalue weighted by Crippen LogP contribution is -2.43. The van der Waals surface area contributed by atoms with Crippen molar-refractivity contribution in [2.45, 2.75) is 38.1 Å². The summed E-state index contributed by atoms with van der Waals surface area (Å²) in [7, 11) is -3.02. The van der Waals surface area contributed by atoms with Crippen LogP contribution in [-0.4, -0.2) is 49.5 Å². The molecule has 6 nitrogen and oxygen atoms in total. The van der Waals surface area contributed by atoms with Crippen LogP contribution in [-0.2, 0) is 24.1 Å². The van der Waals surface area contributed by atoms with Gasteiger partial charge < -0.3 is 14.6 Å². The molecule has 18 heavy (non-hydrogen) atoms. The van der Waals surface area contributed by atoms with Crippen LogP contribution in [0.2, 0.25) is 0 Å². The minimum Gasteiger partial charge on any atom is -0.481 e. The van der Waals surface area contributed by atoms with Gasteiger partial charge in [-0.1, -0.05) is 0 Å². The molecule has 3 unspecified atom stereocenters. The highest BCUT2D eigenvalue weighted by molar-refractivity contribution is 7.91. The molecule has 0 bridgehead atoms. The van der Waals surface area contributed by atoms with Gasteiger partial charge in [-0.3, -0.25) is 4.79 Å². The molecule has 0 aromatic carbocycles. The number of carboxylic acid groups (broad SMARTS) is 1. The van der Waals surface area contributed by atoms with Crippen molar-refractivity contribution in [1.29, 1.82) is 0 Å². The van der Waals surface area contributed by atoms with E-state index in [-0.39, 0.29) is 30.5 Å². The van der Waals surface area contributed by atoms with Crippen molar-refractivity contribution < 1.29 is 27.8 Å². The second-order valence-electron chi connectivity index (χ2n) is 5.12. The molecule has 0 aliphatic carbocycles. The van der Waals surface area contributed by atoms with Gasteiger partial charge in [0.15, 0.2) is 15.6 Å². The molecule has 0 aromatic rings. The number of hydrogen-bond donors (Lipinski definition) is 1. The lowest BCUT2D eigenvalue weighted by molar-refractivity contribution is -0.190. The molecule has 0 spiro atoms. The summed E-state index contributed by atoms with van der Waals surface area (Å²) >= 11 is 0. The molecule has 2 fully saturated rings. The zero-order valence-corrected chi connectivity index (χ0v) is 11.1. The Balaban J connectivity index is 2.02. The third kappa shape index (κ3) is 3.02. The fourth-order valence-corrected chi connectivity index (χ4v) is 4.46. The molecule has 2 aliphatic rings. The second-order valence-corrected chi connectivity index (χ2v) is 7.35. The molecular formula is C11H18O6S. The average Bonchev–Trinajstić information content (AvgIpc) is 2.59. The van der Waals surface area contributed by atoms with Crippen LogP contribution < -0.4 is 0 Å². The van der Waals surface area contributed by atoms with Crippen LogP contribution >= 0.6 is 0 Å². The number of rotatable bonds is 3. The van der Waals surface area contributed by atoms with Gasteiger partial charge in [-0.25, -0.2) is 8.42 Å². The van der Waals surface area contributed by atoms with Crippen LogP contribution in [0.4, 0.5) is 0 Å². The van der Waals surface area contributed by atoms with Gasteiger partial charge in [-0.15, -0.1) is 0 Å². The summed E-state index contributed by atoms with van der Waals surface area (Å²) in [5.74, 6) is -1.84. The number of hydrogen-bond acceptors (Lipinski definition) is 5. The summed E-state index contributed by atoms with van der Waals surface area (Å²) in [4.78, 5) is 10.6. The van der Waals surface area contributed by atoms with Crippen molar-refractivity contribution in [2.24, 2.45) is 5.92 Å². The number of ether oxygens (including phenoxy) is 2. The van der Waals surface area contributed by atoms with E-state index >= 15 is 0 Å². The Hall–Kier alpha value is -0.660. The molecule has 1 N–H and O–H groups in total. The highest BCUT2D eigenvalue weighted by Crippen LogP contribution is 2.37. The quantitative estimate of drug-likeness (QED) is 0.804. The summed E-state index contributed by atoms with van der Waals surface area (Å²) in [5, 5.41) is 8.71. The zero-order valence-electron chi connectivity index (χ0n) is 10.3. The normalized spacial score (nSPS) is 39.6. The summed E-state index contributed by atoms with van der Waals surface area (Å²) in [6, 6.07) is 0. The summed E-state index contributed by atoms with van der Waals surface area (Å²) in [6.07, 6.45) is 0.737. The molecule has 2 rings (SSSR count). The second kappa shape index (κ2) is 4.79. The molecule has 2 heterocycles. The Labute approximate surface area is 106 Å². The summed E-state index contributed by atoms with van der Waals surface area (Å²) in [5.41, 5.74) is 0. The van der Waals surface area contributed by atoms with Crippen LogP contribution in [0.3, 0.4) is 0 Å². The predicted molar refractivity (Wildman–Crippen MR) is 62.9 cm³/mol. The van der Waals surface area contributed by atoms with E-state index in [1.165, 1.54) is 0 Å². The molecular weight excluding hydrogens is 260 g/mol. The number of sulfone groups is 1. The minimum absolute atomic E-state index is 0.0588. The fraction of sp³-hybridized carbons (Fsp3) is 0.909.